The highest BCUT2D eigenvalue weighted by Gasteiger charge is 2.26. The quantitative estimate of drug-likeness (QED) is 0.810. The number of nitrogens with two attached hydrogens (primary N) is 1. The van der Waals surface area contributed by atoms with E-state index in [1.54, 1.807) is 17.0 Å². The van der Waals surface area contributed by atoms with Crippen molar-refractivity contribution in [3.8, 4) is 0 Å². The van der Waals surface area contributed by atoms with Crippen LogP contribution in [0.25, 0.3) is 0 Å². The van der Waals surface area contributed by atoms with Crippen LogP contribution >= 0.6 is 0 Å². The van der Waals surface area contributed by atoms with Crippen LogP contribution in [-0.2, 0) is 6.42 Å². The van der Waals surface area contributed by atoms with Gasteiger partial charge in [0.2, 0.25) is 0 Å². The molecular weight excluding hydrogens is 255 g/mol. The lowest BCUT2D eigenvalue weighted by Gasteiger charge is -2.18. The molecule has 0 bridgehead atoms. The molecule has 1 amide bonds. The lowest BCUT2D eigenvalue weighted by atomic mass is 10.1. The number of benzene rings is 2. The first kappa shape index (κ1) is 12.7. The van der Waals surface area contributed by atoms with Crippen LogP contribution in [-0.4, -0.2) is 12.5 Å². The van der Waals surface area contributed by atoms with Gasteiger partial charge in [0.25, 0.3) is 5.91 Å². The molecule has 0 aromatic heterocycles. The Bertz CT molecular complexity index is 697. The van der Waals surface area contributed by atoms with Gasteiger partial charge in [0.05, 0.1) is 0 Å². The third-order valence-corrected chi connectivity index (χ3v) is 3.67. The summed E-state index contributed by atoms with van der Waals surface area (Å²) in [5.41, 5.74) is 9.57. The van der Waals surface area contributed by atoms with Gasteiger partial charge in [0, 0.05) is 23.5 Å². The minimum absolute atomic E-state index is 0.162. The lowest BCUT2D eigenvalue weighted by molar-refractivity contribution is 0.0988. The highest BCUT2D eigenvalue weighted by atomic mass is 19.1. The van der Waals surface area contributed by atoms with E-state index >= 15 is 0 Å². The predicted octanol–water partition coefficient (Wildman–Crippen LogP) is 2.92. The number of carbonyl (C=O) groups is 1. The van der Waals surface area contributed by atoms with Gasteiger partial charge in [-0.3, -0.25) is 4.79 Å². The molecule has 3 rings (SSSR count). The van der Waals surface area contributed by atoms with Crippen LogP contribution in [0.4, 0.5) is 15.8 Å². The Labute approximate surface area is 116 Å². The average Bonchev–Trinajstić information content (AvgIpc) is 2.83. The zero-order valence-electron chi connectivity index (χ0n) is 11.2. The number of aryl methyl sites for hydroxylation is 1. The van der Waals surface area contributed by atoms with E-state index < -0.39 is 5.82 Å². The number of nitrogens with zero attached hydrogens (tertiary/aromatic N) is 1. The van der Waals surface area contributed by atoms with Gasteiger partial charge in [-0.1, -0.05) is 6.07 Å². The van der Waals surface area contributed by atoms with E-state index in [4.69, 9.17) is 5.73 Å². The normalized spacial score (nSPS) is 13.4. The first-order valence-corrected chi connectivity index (χ1v) is 6.52. The van der Waals surface area contributed by atoms with Crippen LogP contribution in [0.2, 0.25) is 0 Å². The second-order valence-electron chi connectivity index (χ2n) is 5.05. The molecule has 0 saturated carbocycles. The molecule has 4 heteroatoms. The third-order valence-electron chi connectivity index (χ3n) is 3.67. The number of halogens is 1. The van der Waals surface area contributed by atoms with Crippen molar-refractivity contribution < 1.29 is 9.18 Å². The Morgan fingerprint density at radius 2 is 2.05 bits per heavy atom. The van der Waals surface area contributed by atoms with Crippen LogP contribution in [0.15, 0.2) is 36.4 Å². The molecule has 0 saturated heterocycles. The molecule has 0 fully saturated rings. The average molecular weight is 270 g/mol. The summed E-state index contributed by atoms with van der Waals surface area (Å²) in [7, 11) is 0. The summed E-state index contributed by atoms with van der Waals surface area (Å²) < 4.78 is 13.4. The van der Waals surface area contributed by atoms with Gasteiger partial charge in [-0.25, -0.2) is 4.39 Å². The van der Waals surface area contributed by atoms with Gasteiger partial charge in [0.1, 0.15) is 5.82 Å². The van der Waals surface area contributed by atoms with Crippen molar-refractivity contribution >= 4 is 17.3 Å². The van der Waals surface area contributed by atoms with Crippen molar-refractivity contribution in [1.82, 2.24) is 0 Å². The van der Waals surface area contributed by atoms with Gasteiger partial charge >= 0.3 is 0 Å². The Morgan fingerprint density at radius 3 is 2.85 bits per heavy atom. The fraction of sp³-hybridized carbons (Fsp3) is 0.188. The first-order valence-electron chi connectivity index (χ1n) is 6.52. The second kappa shape index (κ2) is 4.63. The number of carbonyl (C=O) groups excluding carboxylic acids is 1. The van der Waals surface area contributed by atoms with Gasteiger partial charge in [-0.2, -0.15) is 0 Å². The standard InChI is InChI=1S/C16H15FN2O/c1-10-2-3-12(17)9-14(10)16(20)19-7-6-11-8-13(18)4-5-15(11)19/h2-5,8-9H,6-7,18H2,1H3. The van der Waals surface area contributed by atoms with Crippen LogP contribution < -0.4 is 10.6 Å². The number of nitrogen functional groups attached to an aromatic ring is 1. The molecule has 2 aromatic carbocycles. The minimum atomic E-state index is -0.393. The van der Waals surface area contributed by atoms with Crippen molar-refractivity contribution in [2.75, 3.05) is 17.2 Å². The van der Waals surface area contributed by atoms with E-state index in [-0.39, 0.29) is 5.91 Å². The molecule has 0 unspecified atom stereocenters. The van der Waals surface area contributed by atoms with Gasteiger partial charge in [-0.15, -0.1) is 0 Å². The van der Waals surface area contributed by atoms with E-state index in [0.29, 0.717) is 17.8 Å². The molecular formula is C16H15FN2O. The molecule has 0 aliphatic carbocycles. The van der Waals surface area contributed by atoms with E-state index in [1.165, 1.54) is 12.1 Å². The molecule has 20 heavy (non-hydrogen) atoms. The van der Waals surface area contributed by atoms with Gasteiger partial charge in [0.15, 0.2) is 0 Å². The highest BCUT2D eigenvalue weighted by Crippen LogP contribution is 2.31. The number of rotatable bonds is 1. The monoisotopic (exact) mass is 270 g/mol. The SMILES string of the molecule is Cc1ccc(F)cc1C(=O)N1CCc2cc(N)ccc21. The van der Waals surface area contributed by atoms with E-state index in [0.717, 1.165) is 23.2 Å². The summed E-state index contributed by atoms with van der Waals surface area (Å²) in [5, 5.41) is 0. The molecule has 0 radical (unpaired) electrons. The van der Waals surface area contributed by atoms with Crippen molar-refractivity contribution in [3.05, 3.63) is 58.9 Å². The molecule has 2 N–H and O–H groups in total. The van der Waals surface area contributed by atoms with E-state index in [1.807, 2.05) is 19.1 Å². The topological polar surface area (TPSA) is 46.3 Å². The maximum absolute atomic E-state index is 13.4. The zero-order valence-corrected chi connectivity index (χ0v) is 11.2. The van der Waals surface area contributed by atoms with Crippen molar-refractivity contribution in [2.45, 2.75) is 13.3 Å². The first-order chi connectivity index (χ1) is 9.56. The number of fused-ring (bicyclic) bond motifs is 1. The minimum Gasteiger partial charge on any atom is -0.399 e. The highest BCUT2D eigenvalue weighted by molar-refractivity contribution is 6.08. The molecule has 102 valence electrons. The number of amides is 1. The van der Waals surface area contributed by atoms with Gasteiger partial charge < -0.3 is 10.6 Å². The van der Waals surface area contributed by atoms with Crippen LogP contribution in [0.5, 0.6) is 0 Å². The Kier molecular flexibility index (Phi) is 2.93. The summed E-state index contributed by atoms with van der Waals surface area (Å²) in [6.45, 7) is 2.42. The summed E-state index contributed by atoms with van der Waals surface area (Å²) in [6, 6.07) is 9.81. The zero-order chi connectivity index (χ0) is 14.3. The molecule has 1 aliphatic rings. The van der Waals surface area contributed by atoms with Crippen molar-refractivity contribution in [3.63, 3.8) is 0 Å². The summed E-state index contributed by atoms with van der Waals surface area (Å²) >= 11 is 0. The van der Waals surface area contributed by atoms with Crippen molar-refractivity contribution in [1.29, 1.82) is 0 Å². The molecule has 0 spiro atoms. The smallest absolute Gasteiger partial charge is 0.258 e. The fourth-order valence-corrected chi connectivity index (χ4v) is 2.60. The Morgan fingerprint density at radius 1 is 1.25 bits per heavy atom. The summed E-state index contributed by atoms with van der Waals surface area (Å²) in [5.74, 6) is -0.554. The number of anilines is 2. The molecule has 2 aromatic rings. The van der Waals surface area contributed by atoms with Crippen LogP contribution in [0, 0.1) is 12.7 Å². The van der Waals surface area contributed by atoms with Crippen molar-refractivity contribution in [2.24, 2.45) is 0 Å². The third kappa shape index (κ3) is 2.03. The predicted molar refractivity (Wildman–Crippen MR) is 77.4 cm³/mol. The van der Waals surface area contributed by atoms with Crippen LogP contribution in [0.3, 0.4) is 0 Å². The number of hydrogen-bond acceptors (Lipinski definition) is 2. The number of hydrogen-bond donors (Lipinski definition) is 1. The Balaban J connectivity index is 2.00. The maximum Gasteiger partial charge on any atom is 0.258 e. The van der Waals surface area contributed by atoms with E-state index in [9.17, 15) is 9.18 Å². The second-order valence-corrected chi connectivity index (χ2v) is 5.05. The maximum atomic E-state index is 13.4. The Hall–Kier alpha value is -2.36. The molecule has 1 aliphatic heterocycles. The summed E-state index contributed by atoms with van der Waals surface area (Å²) in [6.07, 6.45) is 0.778. The fourth-order valence-electron chi connectivity index (χ4n) is 2.60. The largest absolute Gasteiger partial charge is 0.399 e. The lowest BCUT2D eigenvalue weighted by Crippen LogP contribution is -2.29. The summed E-state index contributed by atoms with van der Waals surface area (Å²) in [4.78, 5) is 14.3. The molecule has 3 nitrogen and oxygen atoms in total. The molecule has 0 atom stereocenters. The van der Waals surface area contributed by atoms with Gasteiger partial charge in [-0.05, 0) is 54.8 Å². The molecule has 1 heterocycles. The van der Waals surface area contributed by atoms with Crippen LogP contribution in [0.1, 0.15) is 21.5 Å². The van der Waals surface area contributed by atoms with E-state index in [2.05, 4.69) is 0 Å².